The van der Waals surface area contributed by atoms with Crippen molar-refractivity contribution in [2.24, 2.45) is 0 Å². The number of fused-ring (bicyclic) bond motifs is 6. The van der Waals surface area contributed by atoms with Gasteiger partial charge in [-0.05, 0) is 104 Å². The standard InChI is InChI=1S/C54H36N2/c1-3-20-43-37(14-1)16-12-26-45(43)39-18-11-19-42(36-39)55(40-30-32-41(33-31-40)56-52-28-9-7-24-50(52)51-25-8-10-29-53(51)56)54-35-34-48(47-22-5-6-23-49(47)54)46-27-13-17-38-15-2-4-21-44(38)46/h1-36H. The number of nitrogens with zero attached hydrogens (tertiary/aromatic N) is 2. The molecule has 0 spiro atoms. The summed E-state index contributed by atoms with van der Waals surface area (Å²) in [6.07, 6.45) is 0. The van der Waals surface area contributed by atoms with E-state index in [1.807, 2.05) is 0 Å². The number of aromatic nitrogens is 1. The third-order valence-corrected chi connectivity index (χ3v) is 11.4. The van der Waals surface area contributed by atoms with Gasteiger partial charge in [0.15, 0.2) is 0 Å². The van der Waals surface area contributed by atoms with E-state index < -0.39 is 0 Å². The van der Waals surface area contributed by atoms with Crippen molar-refractivity contribution in [1.29, 1.82) is 0 Å². The molecular weight excluding hydrogens is 677 g/mol. The Labute approximate surface area is 325 Å². The lowest BCUT2D eigenvalue weighted by Gasteiger charge is -2.28. The second-order valence-electron chi connectivity index (χ2n) is 14.5. The van der Waals surface area contributed by atoms with Gasteiger partial charge in [0.1, 0.15) is 0 Å². The van der Waals surface area contributed by atoms with Gasteiger partial charge in [0.25, 0.3) is 0 Å². The van der Waals surface area contributed by atoms with E-state index in [9.17, 15) is 0 Å². The summed E-state index contributed by atoms with van der Waals surface area (Å²) in [5.74, 6) is 0. The van der Waals surface area contributed by atoms with Crippen LogP contribution < -0.4 is 4.90 Å². The van der Waals surface area contributed by atoms with Crippen LogP contribution in [0.2, 0.25) is 0 Å². The molecular formula is C54H36N2. The van der Waals surface area contributed by atoms with Gasteiger partial charge in [-0.3, -0.25) is 0 Å². The lowest BCUT2D eigenvalue weighted by atomic mass is 9.92. The van der Waals surface area contributed by atoms with Gasteiger partial charge >= 0.3 is 0 Å². The summed E-state index contributed by atoms with van der Waals surface area (Å²) in [6, 6.07) is 79.5. The minimum Gasteiger partial charge on any atom is -0.310 e. The summed E-state index contributed by atoms with van der Waals surface area (Å²) >= 11 is 0. The van der Waals surface area contributed by atoms with E-state index in [0.717, 1.165) is 22.7 Å². The van der Waals surface area contributed by atoms with Crippen LogP contribution in [0.3, 0.4) is 0 Å². The van der Waals surface area contributed by atoms with Crippen molar-refractivity contribution in [2.75, 3.05) is 4.90 Å². The van der Waals surface area contributed by atoms with E-state index in [-0.39, 0.29) is 0 Å². The molecule has 0 aliphatic rings. The molecule has 11 rings (SSSR count). The Morgan fingerprint density at radius 3 is 1.48 bits per heavy atom. The zero-order valence-corrected chi connectivity index (χ0v) is 30.7. The molecule has 0 radical (unpaired) electrons. The lowest BCUT2D eigenvalue weighted by molar-refractivity contribution is 1.17. The molecule has 262 valence electrons. The molecule has 11 aromatic rings. The molecule has 0 atom stereocenters. The van der Waals surface area contributed by atoms with Gasteiger partial charge in [-0.2, -0.15) is 0 Å². The first kappa shape index (κ1) is 32.0. The molecule has 0 aliphatic heterocycles. The van der Waals surface area contributed by atoms with Gasteiger partial charge in [0.05, 0.1) is 16.7 Å². The van der Waals surface area contributed by atoms with Crippen LogP contribution in [0, 0.1) is 0 Å². The van der Waals surface area contributed by atoms with Crippen molar-refractivity contribution in [3.63, 3.8) is 0 Å². The molecule has 56 heavy (non-hydrogen) atoms. The number of hydrogen-bond donors (Lipinski definition) is 0. The third-order valence-electron chi connectivity index (χ3n) is 11.4. The van der Waals surface area contributed by atoms with Crippen LogP contribution in [0.5, 0.6) is 0 Å². The molecule has 10 aromatic carbocycles. The van der Waals surface area contributed by atoms with Crippen molar-refractivity contribution in [3.8, 4) is 27.9 Å². The highest BCUT2D eigenvalue weighted by Crippen LogP contribution is 2.44. The van der Waals surface area contributed by atoms with Crippen molar-refractivity contribution in [3.05, 3.63) is 218 Å². The minimum atomic E-state index is 1.09. The molecule has 0 saturated carbocycles. The zero-order chi connectivity index (χ0) is 37.0. The van der Waals surface area contributed by atoms with Crippen LogP contribution >= 0.6 is 0 Å². The van der Waals surface area contributed by atoms with Gasteiger partial charge in [-0.15, -0.1) is 0 Å². The van der Waals surface area contributed by atoms with Crippen molar-refractivity contribution < 1.29 is 0 Å². The van der Waals surface area contributed by atoms with Crippen LogP contribution in [0.1, 0.15) is 0 Å². The van der Waals surface area contributed by atoms with Gasteiger partial charge in [0, 0.05) is 33.2 Å². The average molecular weight is 713 g/mol. The van der Waals surface area contributed by atoms with Crippen LogP contribution in [0.25, 0.3) is 82.1 Å². The predicted octanol–water partition coefficient (Wildman–Crippen LogP) is 15.0. The van der Waals surface area contributed by atoms with E-state index in [0.29, 0.717) is 0 Å². The van der Waals surface area contributed by atoms with E-state index in [1.165, 1.54) is 76.4 Å². The first-order valence-corrected chi connectivity index (χ1v) is 19.3. The van der Waals surface area contributed by atoms with E-state index in [2.05, 4.69) is 228 Å². The predicted molar refractivity (Wildman–Crippen MR) is 239 cm³/mol. The molecule has 0 unspecified atom stereocenters. The highest BCUT2D eigenvalue weighted by molar-refractivity contribution is 6.11. The molecule has 1 heterocycles. The first-order chi connectivity index (χ1) is 27.8. The fourth-order valence-electron chi connectivity index (χ4n) is 8.84. The SMILES string of the molecule is c1cc(-c2cccc3ccccc23)cc(N(c2ccc(-n3c4ccccc4c4ccccc43)cc2)c2ccc(-c3cccc4ccccc34)c3ccccc23)c1. The maximum atomic E-state index is 2.43. The number of anilines is 3. The Hall–Kier alpha value is -7.42. The van der Waals surface area contributed by atoms with Gasteiger partial charge < -0.3 is 9.47 Å². The molecule has 1 aromatic heterocycles. The Balaban J connectivity index is 1.12. The van der Waals surface area contributed by atoms with E-state index in [1.54, 1.807) is 0 Å². The van der Waals surface area contributed by atoms with Crippen LogP contribution in [-0.2, 0) is 0 Å². The second-order valence-corrected chi connectivity index (χ2v) is 14.5. The fourth-order valence-corrected chi connectivity index (χ4v) is 8.84. The summed E-state index contributed by atoms with van der Waals surface area (Å²) in [6.45, 7) is 0. The largest absolute Gasteiger partial charge is 0.310 e. The number of rotatable bonds is 6. The fraction of sp³-hybridized carbons (Fsp3) is 0. The Morgan fingerprint density at radius 1 is 0.304 bits per heavy atom. The number of hydrogen-bond acceptors (Lipinski definition) is 1. The Kier molecular flexibility index (Phi) is 7.53. The van der Waals surface area contributed by atoms with Gasteiger partial charge in [-0.25, -0.2) is 0 Å². The molecule has 0 aliphatic carbocycles. The summed E-state index contributed by atoms with van der Waals surface area (Å²) in [5.41, 5.74) is 11.7. The molecule has 0 amide bonds. The maximum Gasteiger partial charge on any atom is 0.0541 e. The summed E-state index contributed by atoms with van der Waals surface area (Å²) in [4.78, 5) is 2.43. The van der Waals surface area contributed by atoms with Crippen molar-refractivity contribution in [2.45, 2.75) is 0 Å². The topological polar surface area (TPSA) is 8.17 Å². The highest BCUT2D eigenvalue weighted by Gasteiger charge is 2.20. The molecule has 0 saturated heterocycles. The number of para-hydroxylation sites is 2. The Morgan fingerprint density at radius 2 is 0.804 bits per heavy atom. The lowest BCUT2D eigenvalue weighted by Crippen LogP contribution is -2.11. The number of benzene rings is 10. The quantitative estimate of drug-likeness (QED) is 0.167. The molecule has 2 heteroatoms. The summed E-state index contributed by atoms with van der Waals surface area (Å²) in [7, 11) is 0. The maximum absolute atomic E-state index is 2.43. The van der Waals surface area contributed by atoms with Crippen molar-refractivity contribution in [1.82, 2.24) is 4.57 Å². The zero-order valence-electron chi connectivity index (χ0n) is 30.7. The highest BCUT2D eigenvalue weighted by atomic mass is 15.1. The Bertz CT molecular complexity index is 3200. The molecule has 2 nitrogen and oxygen atoms in total. The molecule has 0 N–H and O–H groups in total. The van der Waals surface area contributed by atoms with Gasteiger partial charge in [-0.1, -0.05) is 164 Å². The van der Waals surface area contributed by atoms with Crippen LogP contribution in [0.4, 0.5) is 17.1 Å². The molecule has 0 bridgehead atoms. The van der Waals surface area contributed by atoms with E-state index in [4.69, 9.17) is 0 Å². The minimum absolute atomic E-state index is 1.09. The summed E-state index contributed by atoms with van der Waals surface area (Å²) in [5, 5.41) is 9.93. The normalized spacial score (nSPS) is 11.6. The summed E-state index contributed by atoms with van der Waals surface area (Å²) < 4.78 is 2.38. The molecule has 0 fully saturated rings. The van der Waals surface area contributed by atoms with Crippen LogP contribution in [-0.4, -0.2) is 4.57 Å². The van der Waals surface area contributed by atoms with Crippen LogP contribution in [0.15, 0.2) is 218 Å². The van der Waals surface area contributed by atoms with E-state index >= 15 is 0 Å². The van der Waals surface area contributed by atoms with Crippen molar-refractivity contribution >= 4 is 71.2 Å². The monoisotopic (exact) mass is 712 g/mol. The first-order valence-electron chi connectivity index (χ1n) is 19.3. The second kappa shape index (κ2) is 13.2. The van der Waals surface area contributed by atoms with Gasteiger partial charge in [0.2, 0.25) is 0 Å². The smallest absolute Gasteiger partial charge is 0.0541 e. The average Bonchev–Trinajstić information content (AvgIpc) is 3.61. The third kappa shape index (κ3) is 5.19.